The molecule has 0 rings (SSSR count). The van der Waals surface area contributed by atoms with Crippen LogP contribution in [0, 0.1) is 11.3 Å². The van der Waals surface area contributed by atoms with E-state index in [9.17, 15) is 4.79 Å². The number of nitrogens with two attached hydrogens (primary N) is 1. The lowest BCUT2D eigenvalue weighted by molar-refractivity contribution is -0.122. The second kappa shape index (κ2) is 4.83. The van der Waals surface area contributed by atoms with Crippen molar-refractivity contribution in [3.63, 3.8) is 0 Å². The highest BCUT2D eigenvalue weighted by atomic mass is 16.1. The summed E-state index contributed by atoms with van der Waals surface area (Å²) in [6.45, 7) is 5.38. The molecule has 0 radical (unpaired) electrons. The highest BCUT2D eigenvalue weighted by molar-refractivity contribution is 5.77. The Bertz CT molecular complexity index is 212. The maximum atomic E-state index is 11.2. The Labute approximate surface area is 79.1 Å². The lowest BCUT2D eigenvalue weighted by Crippen LogP contribution is -2.41. The van der Waals surface area contributed by atoms with Crippen molar-refractivity contribution in [2.75, 3.05) is 0 Å². The summed E-state index contributed by atoms with van der Waals surface area (Å²) in [6, 6.07) is 1.89. The largest absolute Gasteiger partial charge is 0.353 e. The van der Waals surface area contributed by atoms with Gasteiger partial charge in [-0.15, -0.1) is 0 Å². The quantitative estimate of drug-likeness (QED) is 0.667. The first-order valence-corrected chi connectivity index (χ1v) is 4.30. The molecule has 74 valence electrons. The van der Waals surface area contributed by atoms with Crippen LogP contribution in [0.5, 0.6) is 0 Å². The van der Waals surface area contributed by atoms with Gasteiger partial charge in [0, 0.05) is 18.0 Å². The van der Waals surface area contributed by atoms with Crippen LogP contribution in [0.15, 0.2) is 0 Å². The standard InChI is InChI=1S/C9H17N3O/c1-7(4-5-10)12-8(13)6-9(2,3)11/h7H,4,6,11H2,1-3H3,(H,12,13). The molecule has 0 fully saturated rings. The second-order valence-corrected chi connectivity index (χ2v) is 4.00. The molecule has 1 atom stereocenters. The minimum absolute atomic E-state index is 0.0974. The molecule has 13 heavy (non-hydrogen) atoms. The minimum Gasteiger partial charge on any atom is -0.353 e. The van der Waals surface area contributed by atoms with Gasteiger partial charge in [-0.25, -0.2) is 0 Å². The van der Waals surface area contributed by atoms with Crippen LogP contribution in [-0.4, -0.2) is 17.5 Å². The van der Waals surface area contributed by atoms with E-state index in [1.165, 1.54) is 0 Å². The Hall–Kier alpha value is -1.08. The zero-order valence-electron chi connectivity index (χ0n) is 8.42. The summed E-state index contributed by atoms with van der Waals surface area (Å²) in [6.07, 6.45) is 0.611. The molecule has 0 aromatic heterocycles. The summed E-state index contributed by atoms with van der Waals surface area (Å²) in [5, 5.41) is 11.1. The Morgan fingerprint density at radius 3 is 2.62 bits per heavy atom. The third-order valence-electron chi connectivity index (χ3n) is 1.42. The fraction of sp³-hybridized carbons (Fsp3) is 0.778. The van der Waals surface area contributed by atoms with Gasteiger partial charge in [-0.05, 0) is 20.8 Å². The normalized spacial score (nSPS) is 13.2. The number of nitrogens with zero attached hydrogens (tertiary/aromatic N) is 1. The van der Waals surface area contributed by atoms with Crippen LogP contribution in [0.25, 0.3) is 0 Å². The SMILES string of the molecule is CC(CC#N)NC(=O)CC(C)(C)N. The first-order chi connectivity index (χ1) is 5.85. The van der Waals surface area contributed by atoms with Crippen LogP contribution in [0.3, 0.4) is 0 Å². The summed E-state index contributed by atoms with van der Waals surface area (Å²) in [7, 11) is 0. The van der Waals surface area contributed by atoms with E-state index in [4.69, 9.17) is 11.0 Å². The summed E-state index contributed by atoms with van der Waals surface area (Å²) in [4.78, 5) is 11.2. The third kappa shape index (κ3) is 7.29. The Kier molecular flexibility index (Phi) is 4.43. The number of nitrogens with one attached hydrogen (secondary N) is 1. The Morgan fingerprint density at radius 1 is 1.69 bits per heavy atom. The third-order valence-corrected chi connectivity index (χ3v) is 1.42. The van der Waals surface area contributed by atoms with Crippen molar-refractivity contribution in [2.24, 2.45) is 5.73 Å². The lowest BCUT2D eigenvalue weighted by atomic mass is 10.0. The highest BCUT2D eigenvalue weighted by Gasteiger charge is 2.17. The van der Waals surface area contributed by atoms with Crippen LogP contribution in [0.1, 0.15) is 33.6 Å². The van der Waals surface area contributed by atoms with E-state index in [1.54, 1.807) is 20.8 Å². The van der Waals surface area contributed by atoms with Gasteiger partial charge in [0.1, 0.15) is 0 Å². The van der Waals surface area contributed by atoms with Crippen LogP contribution < -0.4 is 11.1 Å². The van der Waals surface area contributed by atoms with Crippen LogP contribution >= 0.6 is 0 Å². The van der Waals surface area contributed by atoms with E-state index in [2.05, 4.69) is 5.32 Å². The first kappa shape index (κ1) is 11.9. The van der Waals surface area contributed by atoms with E-state index >= 15 is 0 Å². The number of nitriles is 1. The lowest BCUT2D eigenvalue weighted by Gasteiger charge is -2.19. The van der Waals surface area contributed by atoms with E-state index < -0.39 is 5.54 Å². The number of carbonyl (C=O) groups excluding carboxylic acids is 1. The Morgan fingerprint density at radius 2 is 2.23 bits per heavy atom. The predicted octanol–water partition coefficient (Wildman–Crippen LogP) is 0.532. The van der Waals surface area contributed by atoms with E-state index in [1.807, 2.05) is 6.07 Å². The van der Waals surface area contributed by atoms with Gasteiger partial charge in [-0.3, -0.25) is 4.79 Å². The average molecular weight is 183 g/mol. The molecule has 0 aromatic carbocycles. The van der Waals surface area contributed by atoms with Gasteiger partial charge >= 0.3 is 0 Å². The molecule has 0 heterocycles. The predicted molar refractivity (Wildman–Crippen MR) is 50.7 cm³/mol. The van der Waals surface area contributed by atoms with Crippen molar-refractivity contribution in [3.05, 3.63) is 0 Å². The summed E-state index contributed by atoms with van der Waals surface area (Å²) < 4.78 is 0. The van der Waals surface area contributed by atoms with Crippen LogP contribution in [0.4, 0.5) is 0 Å². The van der Waals surface area contributed by atoms with Crippen molar-refractivity contribution >= 4 is 5.91 Å². The molecule has 0 spiro atoms. The second-order valence-electron chi connectivity index (χ2n) is 4.00. The fourth-order valence-electron chi connectivity index (χ4n) is 0.928. The zero-order valence-corrected chi connectivity index (χ0v) is 8.42. The number of amides is 1. The highest BCUT2D eigenvalue weighted by Crippen LogP contribution is 2.03. The molecule has 0 bridgehead atoms. The molecule has 0 aliphatic carbocycles. The molecule has 4 nitrogen and oxygen atoms in total. The number of carbonyl (C=O) groups is 1. The summed E-state index contributed by atoms with van der Waals surface area (Å²) in [5.41, 5.74) is 5.17. The number of hydrogen-bond acceptors (Lipinski definition) is 3. The van der Waals surface area contributed by atoms with Crippen LogP contribution in [-0.2, 0) is 4.79 Å². The topological polar surface area (TPSA) is 78.9 Å². The molecular weight excluding hydrogens is 166 g/mol. The monoisotopic (exact) mass is 183 g/mol. The van der Waals surface area contributed by atoms with Crippen molar-refractivity contribution < 1.29 is 4.79 Å². The van der Waals surface area contributed by atoms with Crippen LogP contribution in [0.2, 0.25) is 0 Å². The Balaban J connectivity index is 3.83. The molecule has 3 N–H and O–H groups in total. The average Bonchev–Trinajstić information content (AvgIpc) is 1.81. The molecule has 1 unspecified atom stereocenters. The zero-order chi connectivity index (χ0) is 10.5. The van der Waals surface area contributed by atoms with Gasteiger partial charge in [0.05, 0.1) is 12.5 Å². The van der Waals surface area contributed by atoms with Gasteiger partial charge < -0.3 is 11.1 Å². The molecule has 0 saturated carbocycles. The first-order valence-electron chi connectivity index (χ1n) is 4.30. The van der Waals surface area contributed by atoms with Gasteiger partial charge in [0.2, 0.25) is 5.91 Å². The van der Waals surface area contributed by atoms with Gasteiger partial charge in [0.15, 0.2) is 0 Å². The minimum atomic E-state index is -0.490. The number of rotatable bonds is 4. The molecule has 0 saturated heterocycles. The van der Waals surface area contributed by atoms with Crippen molar-refractivity contribution in [3.8, 4) is 6.07 Å². The molecule has 4 heteroatoms. The molecule has 0 aliphatic heterocycles. The molecule has 0 aromatic rings. The summed E-state index contributed by atoms with van der Waals surface area (Å²) >= 11 is 0. The van der Waals surface area contributed by atoms with Crippen molar-refractivity contribution in [1.82, 2.24) is 5.32 Å². The molecule has 0 aliphatic rings. The maximum Gasteiger partial charge on any atom is 0.222 e. The van der Waals surface area contributed by atoms with E-state index in [0.717, 1.165) is 0 Å². The van der Waals surface area contributed by atoms with E-state index in [-0.39, 0.29) is 18.4 Å². The molecular formula is C9H17N3O. The van der Waals surface area contributed by atoms with Crippen molar-refractivity contribution in [2.45, 2.75) is 45.2 Å². The van der Waals surface area contributed by atoms with Gasteiger partial charge in [0.25, 0.3) is 0 Å². The molecule has 1 amide bonds. The van der Waals surface area contributed by atoms with Gasteiger partial charge in [-0.1, -0.05) is 0 Å². The smallest absolute Gasteiger partial charge is 0.222 e. The number of hydrogen-bond donors (Lipinski definition) is 2. The summed E-state index contributed by atoms with van der Waals surface area (Å²) in [5.74, 6) is -0.102. The van der Waals surface area contributed by atoms with E-state index in [0.29, 0.717) is 6.42 Å². The fourth-order valence-corrected chi connectivity index (χ4v) is 0.928. The van der Waals surface area contributed by atoms with Gasteiger partial charge in [-0.2, -0.15) is 5.26 Å². The maximum absolute atomic E-state index is 11.2. The van der Waals surface area contributed by atoms with Crippen molar-refractivity contribution in [1.29, 1.82) is 5.26 Å².